The van der Waals surface area contributed by atoms with Crippen molar-refractivity contribution in [2.24, 2.45) is 0 Å². The molecule has 1 N–H and O–H groups in total. The number of aliphatic carboxylic acids is 1. The molecule has 2 rings (SSSR count). The number of carbonyl (C=O) groups excluding carboxylic acids is 1. The van der Waals surface area contributed by atoms with Crippen LogP contribution in [0.25, 0.3) is 0 Å². The van der Waals surface area contributed by atoms with Gasteiger partial charge in [0.05, 0.1) is 11.5 Å². The number of carbonyl (C=O) groups is 2. The van der Waals surface area contributed by atoms with Crippen molar-refractivity contribution in [2.75, 3.05) is 13.1 Å². The van der Waals surface area contributed by atoms with Crippen LogP contribution in [0.3, 0.4) is 0 Å². The highest BCUT2D eigenvalue weighted by atomic mass is 19.1. The lowest BCUT2D eigenvalue weighted by atomic mass is 10.1. The molecule has 0 radical (unpaired) electrons. The monoisotopic (exact) mass is 296 g/mol. The maximum absolute atomic E-state index is 14.0. The summed E-state index contributed by atoms with van der Waals surface area (Å²) in [5.41, 5.74) is -2.38. The van der Waals surface area contributed by atoms with Crippen LogP contribution >= 0.6 is 0 Å². The number of halogens is 1. The van der Waals surface area contributed by atoms with Gasteiger partial charge in [-0.05, 0) is 18.6 Å². The summed E-state index contributed by atoms with van der Waals surface area (Å²) in [4.78, 5) is 34.4. The third kappa shape index (κ3) is 2.69. The van der Waals surface area contributed by atoms with Crippen LogP contribution in [0.2, 0.25) is 0 Å². The number of benzene rings is 1. The van der Waals surface area contributed by atoms with E-state index in [0.717, 1.165) is 4.90 Å². The van der Waals surface area contributed by atoms with Crippen molar-refractivity contribution < 1.29 is 24.0 Å². The Bertz CT molecular complexity index is 633. The summed E-state index contributed by atoms with van der Waals surface area (Å²) in [7, 11) is 0. The van der Waals surface area contributed by atoms with E-state index in [2.05, 4.69) is 0 Å². The van der Waals surface area contributed by atoms with E-state index in [4.69, 9.17) is 5.11 Å². The second kappa shape index (κ2) is 5.12. The average Bonchev–Trinajstić information content (AvgIpc) is 2.81. The second-order valence-electron chi connectivity index (χ2n) is 5.02. The smallest absolute Gasteiger partial charge is 0.343 e. The van der Waals surface area contributed by atoms with Crippen molar-refractivity contribution >= 4 is 17.6 Å². The minimum Gasteiger partial charge on any atom is -0.479 e. The number of rotatable bonds is 3. The van der Waals surface area contributed by atoms with Crippen molar-refractivity contribution in [2.45, 2.75) is 19.0 Å². The Hall–Kier alpha value is -2.51. The number of likely N-dealkylation sites (tertiary alicyclic amines) is 1. The van der Waals surface area contributed by atoms with Crippen LogP contribution in [0.15, 0.2) is 18.2 Å². The van der Waals surface area contributed by atoms with Gasteiger partial charge in [0.1, 0.15) is 5.56 Å². The molecule has 1 aromatic rings. The molecule has 1 aliphatic heterocycles. The number of nitro groups is 1. The van der Waals surface area contributed by atoms with Gasteiger partial charge in [0.2, 0.25) is 5.67 Å². The van der Waals surface area contributed by atoms with Gasteiger partial charge in [-0.3, -0.25) is 14.9 Å². The van der Waals surface area contributed by atoms with Gasteiger partial charge < -0.3 is 10.0 Å². The molecule has 7 nitrogen and oxygen atoms in total. The number of hydrogen-bond acceptors (Lipinski definition) is 4. The number of carboxylic acids is 1. The van der Waals surface area contributed by atoms with E-state index in [9.17, 15) is 24.1 Å². The first-order chi connectivity index (χ1) is 9.74. The van der Waals surface area contributed by atoms with Crippen molar-refractivity contribution in [1.82, 2.24) is 4.90 Å². The van der Waals surface area contributed by atoms with Crippen LogP contribution in [-0.2, 0) is 4.79 Å². The van der Waals surface area contributed by atoms with Crippen molar-refractivity contribution in [3.05, 3.63) is 39.4 Å². The average molecular weight is 296 g/mol. The Balaban J connectivity index is 2.32. The predicted molar refractivity (Wildman–Crippen MR) is 69.8 cm³/mol. The largest absolute Gasteiger partial charge is 0.479 e. The molecule has 21 heavy (non-hydrogen) atoms. The van der Waals surface area contributed by atoms with Crippen LogP contribution in [-0.4, -0.2) is 45.6 Å². The third-order valence-corrected chi connectivity index (χ3v) is 3.47. The molecular formula is C13H13FN2O5. The molecule has 1 atom stereocenters. The molecule has 0 aliphatic carbocycles. The van der Waals surface area contributed by atoms with Gasteiger partial charge >= 0.3 is 5.97 Å². The first-order valence-corrected chi connectivity index (χ1v) is 6.21. The maximum atomic E-state index is 14.0. The van der Waals surface area contributed by atoms with Gasteiger partial charge in [-0.25, -0.2) is 9.18 Å². The summed E-state index contributed by atoms with van der Waals surface area (Å²) in [6.45, 7) is 0.972. The topological polar surface area (TPSA) is 101 Å². The molecule has 1 saturated heterocycles. The predicted octanol–water partition coefficient (Wildman–Crippen LogP) is 1.54. The first kappa shape index (κ1) is 14.9. The highest BCUT2D eigenvalue weighted by Crippen LogP contribution is 2.29. The van der Waals surface area contributed by atoms with Crippen molar-refractivity contribution in [3.8, 4) is 0 Å². The van der Waals surface area contributed by atoms with Crippen LogP contribution in [0.1, 0.15) is 22.3 Å². The zero-order valence-electron chi connectivity index (χ0n) is 11.2. The maximum Gasteiger partial charge on any atom is 0.343 e. The number of amides is 1. The molecule has 0 spiro atoms. The molecule has 1 aliphatic rings. The standard InChI is InChI=1S/C13H13FN2O5/c1-8-2-3-10(16(20)21)9(6-8)11(17)15-5-4-13(14,7-15)12(18)19/h2-3,6H,4-5,7H2,1H3,(H,18,19). The fourth-order valence-electron chi connectivity index (χ4n) is 2.27. The number of nitrogens with zero attached hydrogens (tertiary/aromatic N) is 2. The van der Waals surface area contributed by atoms with E-state index < -0.39 is 29.0 Å². The number of carboxylic acid groups (broad SMARTS) is 1. The minimum absolute atomic E-state index is 0.0905. The lowest BCUT2D eigenvalue weighted by molar-refractivity contribution is -0.385. The second-order valence-corrected chi connectivity index (χ2v) is 5.02. The molecule has 0 bridgehead atoms. The van der Waals surface area contributed by atoms with E-state index in [-0.39, 0.29) is 24.2 Å². The zero-order valence-corrected chi connectivity index (χ0v) is 11.2. The van der Waals surface area contributed by atoms with Gasteiger partial charge in [0, 0.05) is 19.0 Å². The highest BCUT2D eigenvalue weighted by Gasteiger charge is 2.47. The fraction of sp³-hybridized carbons (Fsp3) is 0.385. The summed E-state index contributed by atoms with van der Waals surface area (Å²) in [6, 6.07) is 4.05. The van der Waals surface area contributed by atoms with E-state index in [0.29, 0.717) is 5.56 Å². The Morgan fingerprint density at radius 1 is 1.48 bits per heavy atom. The quantitative estimate of drug-likeness (QED) is 0.673. The van der Waals surface area contributed by atoms with E-state index in [1.807, 2.05) is 0 Å². The summed E-state index contributed by atoms with van der Waals surface area (Å²) >= 11 is 0. The minimum atomic E-state index is -2.49. The number of hydrogen-bond donors (Lipinski definition) is 1. The SMILES string of the molecule is Cc1ccc([N+](=O)[O-])c(C(=O)N2CCC(F)(C(=O)O)C2)c1. The Kier molecular flexibility index (Phi) is 3.63. The first-order valence-electron chi connectivity index (χ1n) is 6.21. The molecule has 1 fully saturated rings. The highest BCUT2D eigenvalue weighted by molar-refractivity contribution is 5.99. The lowest BCUT2D eigenvalue weighted by Gasteiger charge is -2.18. The molecule has 1 unspecified atom stereocenters. The molecule has 1 amide bonds. The van der Waals surface area contributed by atoms with E-state index >= 15 is 0 Å². The third-order valence-electron chi connectivity index (χ3n) is 3.47. The summed E-state index contributed by atoms with van der Waals surface area (Å²) < 4.78 is 14.0. The van der Waals surface area contributed by atoms with Crippen LogP contribution < -0.4 is 0 Å². The summed E-state index contributed by atoms with van der Waals surface area (Å²) in [6.07, 6.45) is -0.326. The van der Waals surface area contributed by atoms with Crippen molar-refractivity contribution in [3.63, 3.8) is 0 Å². The number of nitro benzene ring substituents is 1. The molecule has 0 saturated carbocycles. The van der Waals surface area contributed by atoms with E-state index in [1.165, 1.54) is 18.2 Å². The zero-order chi connectivity index (χ0) is 15.8. The van der Waals surface area contributed by atoms with Gasteiger partial charge in [-0.1, -0.05) is 6.07 Å². The van der Waals surface area contributed by atoms with Gasteiger partial charge in [0.15, 0.2) is 0 Å². The molecular weight excluding hydrogens is 283 g/mol. The van der Waals surface area contributed by atoms with Gasteiger partial charge in [-0.2, -0.15) is 0 Å². The molecule has 1 aromatic carbocycles. The Morgan fingerprint density at radius 2 is 2.14 bits per heavy atom. The summed E-state index contributed by atoms with van der Waals surface area (Å²) in [5.74, 6) is -2.36. The lowest BCUT2D eigenvalue weighted by Crippen LogP contribution is -2.39. The molecule has 0 aromatic heterocycles. The number of aryl methyl sites for hydroxylation is 1. The number of alkyl halides is 1. The Labute approximate surface area is 119 Å². The molecule has 112 valence electrons. The van der Waals surface area contributed by atoms with E-state index in [1.54, 1.807) is 6.92 Å². The van der Waals surface area contributed by atoms with Crippen LogP contribution in [0.5, 0.6) is 0 Å². The van der Waals surface area contributed by atoms with Gasteiger partial charge in [-0.15, -0.1) is 0 Å². The Morgan fingerprint density at radius 3 is 2.67 bits per heavy atom. The summed E-state index contributed by atoms with van der Waals surface area (Å²) in [5, 5.41) is 19.8. The molecule has 8 heteroatoms. The van der Waals surface area contributed by atoms with Crippen molar-refractivity contribution in [1.29, 1.82) is 0 Å². The fourth-order valence-corrected chi connectivity index (χ4v) is 2.27. The molecule has 1 heterocycles. The normalized spacial score (nSPS) is 21.3. The van der Waals surface area contributed by atoms with Crippen LogP contribution in [0.4, 0.5) is 10.1 Å². The van der Waals surface area contributed by atoms with Crippen LogP contribution in [0, 0.1) is 17.0 Å². The van der Waals surface area contributed by atoms with Gasteiger partial charge in [0.25, 0.3) is 11.6 Å².